The van der Waals surface area contributed by atoms with Crippen molar-refractivity contribution < 1.29 is 19.1 Å². The second kappa shape index (κ2) is 10.6. The molecule has 0 aliphatic rings. The summed E-state index contributed by atoms with van der Waals surface area (Å²) in [6, 6.07) is 12.7. The third-order valence-corrected chi connectivity index (χ3v) is 4.76. The molecule has 0 bridgehead atoms. The van der Waals surface area contributed by atoms with Gasteiger partial charge in [0.05, 0.1) is 20.0 Å². The summed E-state index contributed by atoms with van der Waals surface area (Å²) in [6.07, 6.45) is 3.08. The minimum atomic E-state index is -0.259. The molecular formula is C20H20ClNO4S. The van der Waals surface area contributed by atoms with E-state index in [-0.39, 0.29) is 11.9 Å². The first kappa shape index (κ1) is 20.9. The Morgan fingerprint density at radius 2 is 1.89 bits per heavy atom. The van der Waals surface area contributed by atoms with Crippen LogP contribution in [0.4, 0.5) is 5.69 Å². The van der Waals surface area contributed by atoms with E-state index >= 15 is 0 Å². The summed E-state index contributed by atoms with van der Waals surface area (Å²) in [6.45, 7) is 0. The fourth-order valence-corrected chi connectivity index (χ4v) is 3.18. The third-order valence-electron chi connectivity index (χ3n) is 3.54. The van der Waals surface area contributed by atoms with Crippen molar-refractivity contribution in [1.82, 2.24) is 0 Å². The Balaban J connectivity index is 1.90. The molecule has 5 nitrogen and oxygen atoms in total. The molecule has 2 aromatic carbocycles. The van der Waals surface area contributed by atoms with Gasteiger partial charge in [0.2, 0.25) is 5.91 Å². The molecule has 0 unspecified atom stereocenters. The molecule has 0 aliphatic heterocycles. The molecule has 0 atom stereocenters. The number of esters is 1. The fourth-order valence-electron chi connectivity index (χ4n) is 2.18. The van der Waals surface area contributed by atoms with Crippen LogP contribution in [0.2, 0.25) is 5.02 Å². The molecule has 2 aromatic rings. The summed E-state index contributed by atoms with van der Waals surface area (Å²) in [7, 11) is 2.93. The zero-order valence-electron chi connectivity index (χ0n) is 15.0. The number of anilines is 1. The molecule has 1 amide bonds. The Hall–Kier alpha value is -2.44. The van der Waals surface area contributed by atoms with Gasteiger partial charge in [-0.15, -0.1) is 11.8 Å². The van der Waals surface area contributed by atoms with Crippen LogP contribution in [0.5, 0.6) is 5.75 Å². The van der Waals surface area contributed by atoms with Gasteiger partial charge in [-0.1, -0.05) is 23.7 Å². The molecule has 2 rings (SSSR count). The minimum absolute atomic E-state index is 0.244. The van der Waals surface area contributed by atoms with Gasteiger partial charge in [0.15, 0.2) is 0 Å². The molecule has 1 N–H and O–H groups in total. The summed E-state index contributed by atoms with van der Waals surface area (Å²) >= 11 is 7.45. The number of hydrogen-bond donors (Lipinski definition) is 1. The molecule has 142 valence electrons. The lowest BCUT2D eigenvalue weighted by Crippen LogP contribution is -2.07. The normalized spacial score (nSPS) is 10.6. The zero-order chi connectivity index (χ0) is 19.6. The highest BCUT2D eigenvalue weighted by molar-refractivity contribution is 7.99. The number of rotatable bonds is 8. The number of carbonyl (C=O) groups excluding carboxylic acids is 2. The predicted octanol–water partition coefficient (Wildman–Crippen LogP) is 4.41. The number of carbonyl (C=O) groups is 2. The van der Waals surface area contributed by atoms with Crippen molar-refractivity contribution in [2.45, 2.75) is 5.75 Å². The lowest BCUT2D eigenvalue weighted by Gasteiger charge is -2.06. The van der Waals surface area contributed by atoms with Crippen LogP contribution in [-0.2, 0) is 20.1 Å². The van der Waals surface area contributed by atoms with Gasteiger partial charge in [-0.05, 0) is 42.0 Å². The van der Waals surface area contributed by atoms with E-state index in [1.807, 2.05) is 24.3 Å². The van der Waals surface area contributed by atoms with Crippen LogP contribution in [0.15, 0.2) is 48.5 Å². The average molecular weight is 406 g/mol. The number of halogens is 1. The highest BCUT2D eigenvalue weighted by Crippen LogP contribution is 2.24. The largest absolute Gasteiger partial charge is 0.496 e. The molecule has 0 aromatic heterocycles. The number of thioether (sulfide) groups is 1. The number of benzene rings is 2. The molecule has 0 fully saturated rings. The van der Waals surface area contributed by atoms with E-state index in [1.165, 1.54) is 24.9 Å². The minimum Gasteiger partial charge on any atom is -0.496 e. The molecular weight excluding hydrogens is 386 g/mol. The van der Waals surface area contributed by atoms with Crippen molar-refractivity contribution in [1.29, 1.82) is 0 Å². The summed E-state index contributed by atoms with van der Waals surface area (Å²) in [5.41, 5.74) is 2.46. The molecule has 7 heteroatoms. The van der Waals surface area contributed by atoms with Crippen LogP contribution in [0.1, 0.15) is 11.1 Å². The van der Waals surface area contributed by atoms with Gasteiger partial charge in [-0.25, -0.2) is 0 Å². The van der Waals surface area contributed by atoms with Crippen LogP contribution in [0.25, 0.3) is 6.08 Å². The highest BCUT2D eigenvalue weighted by Gasteiger charge is 2.04. The average Bonchev–Trinajstić information content (AvgIpc) is 2.67. The van der Waals surface area contributed by atoms with Crippen molar-refractivity contribution >= 4 is 47.0 Å². The zero-order valence-corrected chi connectivity index (χ0v) is 16.6. The van der Waals surface area contributed by atoms with E-state index in [1.54, 1.807) is 31.4 Å². The Kier molecular flexibility index (Phi) is 8.23. The summed E-state index contributed by atoms with van der Waals surface area (Å²) in [5.74, 6) is 1.14. The summed E-state index contributed by atoms with van der Waals surface area (Å²) < 4.78 is 9.84. The van der Waals surface area contributed by atoms with Gasteiger partial charge in [0.1, 0.15) is 5.75 Å². The van der Waals surface area contributed by atoms with Gasteiger partial charge in [0.25, 0.3) is 0 Å². The SMILES string of the molecule is COC(=O)CSCc1ccc(NC(=O)/C=C/c2cc(Cl)ccc2OC)cc1. The topological polar surface area (TPSA) is 64.6 Å². The first-order valence-corrected chi connectivity index (χ1v) is 9.61. The van der Waals surface area contributed by atoms with Gasteiger partial charge < -0.3 is 14.8 Å². The Labute approximate surface area is 167 Å². The van der Waals surface area contributed by atoms with Crippen molar-refractivity contribution in [2.75, 3.05) is 25.3 Å². The van der Waals surface area contributed by atoms with Gasteiger partial charge in [-0.3, -0.25) is 9.59 Å². The maximum Gasteiger partial charge on any atom is 0.315 e. The second-order valence-corrected chi connectivity index (χ2v) is 6.90. The van der Waals surface area contributed by atoms with Crippen molar-refractivity contribution in [2.24, 2.45) is 0 Å². The fraction of sp³-hybridized carbons (Fsp3) is 0.200. The van der Waals surface area contributed by atoms with Crippen LogP contribution in [0.3, 0.4) is 0 Å². The maximum atomic E-state index is 12.1. The first-order valence-electron chi connectivity index (χ1n) is 8.08. The smallest absolute Gasteiger partial charge is 0.315 e. The molecule has 0 heterocycles. The van der Waals surface area contributed by atoms with E-state index in [2.05, 4.69) is 10.1 Å². The number of hydrogen-bond acceptors (Lipinski definition) is 5. The lowest BCUT2D eigenvalue weighted by molar-refractivity contribution is -0.137. The standard InChI is InChI=1S/C20H20ClNO4S/c1-25-18-9-6-16(21)11-15(18)5-10-19(23)22-17-7-3-14(4-8-17)12-27-13-20(24)26-2/h3-11H,12-13H2,1-2H3,(H,22,23)/b10-5+. The monoisotopic (exact) mass is 405 g/mol. The number of nitrogens with one attached hydrogen (secondary N) is 1. The summed E-state index contributed by atoms with van der Waals surface area (Å²) in [4.78, 5) is 23.2. The summed E-state index contributed by atoms with van der Waals surface area (Å²) in [5, 5.41) is 3.36. The molecule has 0 radical (unpaired) electrons. The predicted molar refractivity (Wildman–Crippen MR) is 110 cm³/mol. The second-order valence-electron chi connectivity index (χ2n) is 5.47. The molecule has 0 aliphatic carbocycles. The maximum absolute atomic E-state index is 12.1. The van der Waals surface area contributed by atoms with E-state index in [9.17, 15) is 9.59 Å². The van der Waals surface area contributed by atoms with E-state index in [4.69, 9.17) is 16.3 Å². The molecule has 0 saturated carbocycles. The molecule has 0 spiro atoms. The van der Waals surface area contributed by atoms with Crippen molar-refractivity contribution in [3.8, 4) is 5.75 Å². The Morgan fingerprint density at radius 3 is 2.56 bits per heavy atom. The number of ether oxygens (including phenoxy) is 2. The van der Waals surface area contributed by atoms with Gasteiger partial charge >= 0.3 is 5.97 Å². The number of amides is 1. The third kappa shape index (κ3) is 7.00. The van der Waals surface area contributed by atoms with E-state index in [0.29, 0.717) is 28.0 Å². The van der Waals surface area contributed by atoms with Crippen LogP contribution in [-0.4, -0.2) is 31.8 Å². The lowest BCUT2D eigenvalue weighted by atomic mass is 10.2. The van der Waals surface area contributed by atoms with Crippen molar-refractivity contribution in [3.63, 3.8) is 0 Å². The Morgan fingerprint density at radius 1 is 1.15 bits per heavy atom. The van der Waals surface area contributed by atoms with E-state index < -0.39 is 0 Å². The first-order chi connectivity index (χ1) is 13.0. The van der Waals surface area contributed by atoms with Crippen LogP contribution in [0, 0.1) is 0 Å². The van der Waals surface area contributed by atoms with Crippen LogP contribution >= 0.6 is 23.4 Å². The number of methoxy groups -OCH3 is 2. The van der Waals surface area contributed by atoms with Gasteiger partial charge in [-0.2, -0.15) is 0 Å². The van der Waals surface area contributed by atoms with Gasteiger partial charge in [0, 0.05) is 28.1 Å². The van der Waals surface area contributed by atoms with Crippen LogP contribution < -0.4 is 10.1 Å². The molecule has 0 saturated heterocycles. The molecule has 27 heavy (non-hydrogen) atoms. The quantitative estimate of drug-likeness (QED) is 0.520. The van der Waals surface area contributed by atoms with E-state index in [0.717, 1.165) is 11.1 Å². The Bertz CT molecular complexity index is 821. The van der Waals surface area contributed by atoms with Crippen molar-refractivity contribution in [3.05, 3.63) is 64.7 Å². The highest BCUT2D eigenvalue weighted by atomic mass is 35.5.